The lowest BCUT2D eigenvalue weighted by molar-refractivity contribution is -0.177. The number of rotatable bonds is 8. The van der Waals surface area contributed by atoms with Crippen LogP contribution in [0.3, 0.4) is 0 Å². The summed E-state index contributed by atoms with van der Waals surface area (Å²) < 4.78 is 29.7. The number of Topliss-reactive ketones (excluding diaryl/α,β-unsaturated/α-hetero) is 1. The van der Waals surface area contributed by atoms with Gasteiger partial charge in [-0.2, -0.15) is 0 Å². The third-order valence-electron chi connectivity index (χ3n) is 6.09. The predicted octanol–water partition coefficient (Wildman–Crippen LogP) is 4.22. The molecule has 4 atom stereocenters. The van der Waals surface area contributed by atoms with Crippen molar-refractivity contribution in [3.8, 4) is 0 Å². The van der Waals surface area contributed by atoms with E-state index in [4.69, 9.17) is 23.7 Å². The maximum atomic E-state index is 14.1. The molecule has 2 fully saturated rings. The molecule has 188 valence electrons. The number of cyclic esters (lactones) is 1. The standard InChI is InChI=1S/C28H34O7/c1-26(2,3)25-32-24(30)28(35-25,16-19-12-8-6-9-13-19)23(29)22-21(33-27(4,5)34-22)18-31-17-20-14-10-7-11-15-20/h6-15,21-22,25H,16-18H2,1-5H3. The molecule has 2 aromatic rings. The van der Waals surface area contributed by atoms with Gasteiger partial charge in [0.05, 0.1) is 13.2 Å². The van der Waals surface area contributed by atoms with E-state index in [2.05, 4.69) is 0 Å². The molecule has 2 aromatic carbocycles. The molecule has 0 bridgehead atoms. The summed E-state index contributed by atoms with van der Waals surface area (Å²) >= 11 is 0. The van der Waals surface area contributed by atoms with E-state index in [0.29, 0.717) is 6.61 Å². The Morgan fingerprint density at radius 1 is 0.914 bits per heavy atom. The number of hydrogen-bond acceptors (Lipinski definition) is 7. The minimum atomic E-state index is -1.84. The van der Waals surface area contributed by atoms with E-state index >= 15 is 0 Å². The number of esters is 1. The molecule has 0 saturated carbocycles. The smallest absolute Gasteiger partial charge is 0.349 e. The van der Waals surface area contributed by atoms with Crippen LogP contribution in [0.5, 0.6) is 0 Å². The number of benzene rings is 2. The Hall–Kier alpha value is -2.58. The Kier molecular flexibility index (Phi) is 7.16. The summed E-state index contributed by atoms with van der Waals surface area (Å²) in [5.41, 5.74) is -0.572. The van der Waals surface area contributed by atoms with Crippen LogP contribution in [0, 0.1) is 5.41 Å². The summed E-state index contributed by atoms with van der Waals surface area (Å²) in [7, 11) is 0. The quantitative estimate of drug-likeness (QED) is 0.412. The van der Waals surface area contributed by atoms with Crippen LogP contribution in [-0.4, -0.2) is 48.2 Å². The van der Waals surface area contributed by atoms with Crippen molar-refractivity contribution in [2.45, 2.75) is 77.5 Å². The number of ketones is 1. The first-order valence-corrected chi connectivity index (χ1v) is 11.9. The molecular weight excluding hydrogens is 448 g/mol. The molecule has 4 unspecified atom stereocenters. The van der Waals surface area contributed by atoms with Crippen molar-refractivity contribution >= 4 is 11.8 Å². The highest BCUT2D eigenvalue weighted by atomic mass is 16.8. The Labute approximate surface area is 206 Å². The van der Waals surface area contributed by atoms with Crippen molar-refractivity contribution in [1.82, 2.24) is 0 Å². The molecule has 2 saturated heterocycles. The van der Waals surface area contributed by atoms with Crippen LogP contribution in [0.1, 0.15) is 45.7 Å². The summed E-state index contributed by atoms with van der Waals surface area (Å²) in [4.78, 5) is 27.4. The third-order valence-corrected chi connectivity index (χ3v) is 6.09. The monoisotopic (exact) mass is 482 g/mol. The van der Waals surface area contributed by atoms with Crippen molar-refractivity contribution in [2.75, 3.05) is 6.61 Å². The van der Waals surface area contributed by atoms with E-state index in [-0.39, 0.29) is 13.0 Å². The van der Waals surface area contributed by atoms with Crippen LogP contribution in [0.15, 0.2) is 60.7 Å². The molecule has 2 heterocycles. The topological polar surface area (TPSA) is 80.3 Å². The Morgan fingerprint density at radius 3 is 2.09 bits per heavy atom. The third kappa shape index (κ3) is 5.64. The fraction of sp³-hybridized carbons (Fsp3) is 0.500. The second-order valence-corrected chi connectivity index (χ2v) is 10.7. The molecule has 0 amide bonds. The van der Waals surface area contributed by atoms with Gasteiger partial charge in [0.1, 0.15) is 6.10 Å². The van der Waals surface area contributed by atoms with Gasteiger partial charge in [-0.05, 0) is 25.0 Å². The van der Waals surface area contributed by atoms with Gasteiger partial charge in [0.15, 0.2) is 11.9 Å². The Balaban J connectivity index is 1.59. The molecule has 0 N–H and O–H groups in total. The van der Waals surface area contributed by atoms with Gasteiger partial charge in [-0.1, -0.05) is 81.4 Å². The molecule has 0 aromatic heterocycles. The van der Waals surface area contributed by atoms with Crippen molar-refractivity contribution in [2.24, 2.45) is 5.41 Å². The second-order valence-electron chi connectivity index (χ2n) is 10.7. The minimum absolute atomic E-state index is 0.0377. The molecule has 7 nitrogen and oxygen atoms in total. The van der Waals surface area contributed by atoms with Crippen LogP contribution in [0.4, 0.5) is 0 Å². The molecule has 0 spiro atoms. The maximum absolute atomic E-state index is 14.1. The molecule has 7 heteroatoms. The lowest BCUT2D eigenvalue weighted by Gasteiger charge is -2.30. The number of carbonyl (C=O) groups is 2. The van der Waals surface area contributed by atoms with Gasteiger partial charge in [0.25, 0.3) is 0 Å². The molecule has 35 heavy (non-hydrogen) atoms. The number of carbonyl (C=O) groups excluding carboxylic acids is 2. The van der Waals surface area contributed by atoms with Crippen LogP contribution >= 0.6 is 0 Å². The largest absolute Gasteiger partial charge is 0.433 e. The van der Waals surface area contributed by atoms with E-state index < -0.39 is 47.1 Å². The first-order chi connectivity index (χ1) is 16.5. The predicted molar refractivity (Wildman–Crippen MR) is 128 cm³/mol. The van der Waals surface area contributed by atoms with Crippen LogP contribution < -0.4 is 0 Å². The zero-order chi connectivity index (χ0) is 25.3. The summed E-state index contributed by atoms with van der Waals surface area (Å²) in [6.45, 7) is 9.64. The Bertz CT molecular complexity index is 1030. The van der Waals surface area contributed by atoms with Gasteiger partial charge < -0.3 is 23.7 Å². The van der Waals surface area contributed by atoms with Crippen molar-refractivity contribution in [3.63, 3.8) is 0 Å². The average molecular weight is 483 g/mol. The highest BCUT2D eigenvalue weighted by Crippen LogP contribution is 2.41. The average Bonchev–Trinajstić information content (AvgIpc) is 3.31. The Morgan fingerprint density at radius 2 is 1.51 bits per heavy atom. The molecule has 2 aliphatic rings. The van der Waals surface area contributed by atoms with Gasteiger partial charge >= 0.3 is 5.97 Å². The van der Waals surface area contributed by atoms with Crippen molar-refractivity contribution < 1.29 is 33.3 Å². The SMILES string of the molecule is CC1(C)OC(COCc2ccccc2)C(C(=O)C2(Cc3ccccc3)OC(C(C)(C)C)OC2=O)O1. The van der Waals surface area contributed by atoms with Crippen LogP contribution in [-0.2, 0) is 46.3 Å². The molecule has 0 radical (unpaired) electrons. The fourth-order valence-electron chi connectivity index (χ4n) is 4.32. The fourth-order valence-corrected chi connectivity index (χ4v) is 4.32. The van der Waals surface area contributed by atoms with Gasteiger partial charge in [-0.15, -0.1) is 0 Å². The lowest BCUT2D eigenvalue weighted by atomic mass is 9.86. The maximum Gasteiger partial charge on any atom is 0.349 e. The molecular formula is C28H34O7. The van der Waals surface area contributed by atoms with E-state index in [1.165, 1.54) is 0 Å². The summed E-state index contributed by atoms with van der Waals surface area (Å²) in [5.74, 6) is -2.25. The second kappa shape index (κ2) is 9.82. The van der Waals surface area contributed by atoms with Crippen molar-refractivity contribution in [3.05, 3.63) is 71.8 Å². The van der Waals surface area contributed by atoms with Gasteiger partial charge in [0, 0.05) is 11.8 Å². The summed E-state index contributed by atoms with van der Waals surface area (Å²) in [6.07, 6.45) is -2.60. The van der Waals surface area contributed by atoms with Gasteiger partial charge in [0.2, 0.25) is 17.7 Å². The van der Waals surface area contributed by atoms with Gasteiger partial charge in [-0.3, -0.25) is 4.79 Å². The van der Waals surface area contributed by atoms with E-state index in [9.17, 15) is 9.59 Å². The number of ether oxygens (including phenoxy) is 5. The zero-order valence-electron chi connectivity index (χ0n) is 21.0. The number of hydrogen-bond donors (Lipinski definition) is 0. The normalized spacial score (nSPS) is 28.1. The van der Waals surface area contributed by atoms with Crippen LogP contribution in [0.25, 0.3) is 0 Å². The van der Waals surface area contributed by atoms with Crippen molar-refractivity contribution in [1.29, 1.82) is 0 Å². The molecule has 4 rings (SSSR count). The highest BCUT2D eigenvalue weighted by molar-refractivity contribution is 6.10. The first kappa shape index (κ1) is 25.5. The van der Waals surface area contributed by atoms with Gasteiger partial charge in [-0.25, -0.2) is 4.79 Å². The summed E-state index contributed by atoms with van der Waals surface area (Å²) in [5, 5.41) is 0. The first-order valence-electron chi connectivity index (χ1n) is 11.9. The zero-order valence-corrected chi connectivity index (χ0v) is 21.0. The minimum Gasteiger partial charge on any atom is -0.433 e. The highest BCUT2D eigenvalue weighted by Gasteiger charge is 2.62. The van der Waals surface area contributed by atoms with E-state index in [0.717, 1.165) is 11.1 Å². The molecule has 2 aliphatic heterocycles. The lowest BCUT2D eigenvalue weighted by Crippen LogP contribution is -2.55. The molecule has 0 aliphatic carbocycles. The van der Waals surface area contributed by atoms with E-state index in [1.807, 2.05) is 81.4 Å². The summed E-state index contributed by atoms with van der Waals surface area (Å²) in [6, 6.07) is 19.0. The van der Waals surface area contributed by atoms with E-state index in [1.54, 1.807) is 13.8 Å². The van der Waals surface area contributed by atoms with Crippen LogP contribution in [0.2, 0.25) is 0 Å².